The van der Waals surface area contributed by atoms with Gasteiger partial charge in [0.25, 0.3) is 5.91 Å². The third-order valence-electron chi connectivity index (χ3n) is 6.15. The molecule has 0 saturated carbocycles. The van der Waals surface area contributed by atoms with Gasteiger partial charge in [-0.2, -0.15) is 0 Å². The molecule has 3 aromatic carbocycles. The number of ether oxygens (including phenoxy) is 3. The number of amides is 1. The quantitative estimate of drug-likeness (QED) is 0.297. The Balaban J connectivity index is 1.84. The van der Waals surface area contributed by atoms with Gasteiger partial charge in [0.15, 0.2) is 0 Å². The summed E-state index contributed by atoms with van der Waals surface area (Å²) in [5, 5.41) is 0. The van der Waals surface area contributed by atoms with Gasteiger partial charge < -0.3 is 19.1 Å². The normalized spacial score (nSPS) is 14.5. The summed E-state index contributed by atoms with van der Waals surface area (Å²) >= 11 is 0. The molecule has 1 amide bonds. The molecule has 0 saturated heterocycles. The minimum atomic E-state index is -0.587. The van der Waals surface area contributed by atoms with E-state index in [2.05, 4.69) is 0 Å². The lowest BCUT2D eigenvalue weighted by molar-refractivity contribution is -0.136. The molecule has 37 heavy (non-hydrogen) atoms. The number of allylic oxidation sites excluding steroid dienone is 1. The summed E-state index contributed by atoms with van der Waals surface area (Å²) in [7, 11) is 4.48. The van der Waals surface area contributed by atoms with Gasteiger partial charge >= 0.3 is 5.97 Å². The highest BCUT2D eigenvalue weighted by atomic mass is 16.5. The van der Waals surface area contributed by atoms with Gasteiger partial charge in [0.2, 0.25) is 0 Å². The van der Waals surface area contributed by atoms with Crippen LogP contribution in [-0.2, 0) is 20.7 Å². The average Bonchev–Trinajstić information content (AvgIpc) is 3.21. The number of carbonyl (C=O) groups is 2. The van der Waals surface area contributed by atoms with Crippen molar-refractivity contribution in [2.45, 2.75) is 6.42 Å². The molecule has 0 aromatic heterocycles. The van der Waals surface area contributed by atoms with Gasteiger partial charge in [0.05, 0.1) is 38.2 Å². The second-order valence-corrected chi connectivity index (χ2v) is 8.32. The number of rotatable bonds is 9. The Morgan fingerprint density at radius 3 is 2.03 bits per heavy atom. The van der Waals surface area contributed by atoms with Crippen LogP contribution in [0.25, 0.3) is 12.2 Å². The van der Waals surface area contributed by atoms with Crippen molar-refractivity contribution < 1.29 is 23.8 Å². The molecule has 0 unspecified atom stereocenters. The predicted octanol–water partition coefficient (Wildman–Crippen LogP) is 5.31. The summed E-state index contributed by atoms with van der Waals surface area (Å²) in [6, 6.07) is 24.8. The van der Waals surface area contributed by atoms with E-state index < -0.39 is 5.97 Å². The smallest absolute Gasteiger partial charge is 0.340 e. The van der Waals surface area contributed by atoms with Crippen LogP contribution in [0.2, 0.25) is 0 Å². The molecule has 0 aliphatic carbocycles. The summed E-state index contributed by atoms with van der Waals surface area (Å²) in [6.07, 6.45) is 5.92. The molecule has 188 valence electrons. The molecule has 0 spiro atoms. The van der Waals surface area contributed by atoms with E-state index >= 15 is 0 Å². The highest BCUT2D eigenvalue weighted by Crippen LogP contribution is 2.35. The Labute approximate surface area is 217 Å². The van der Waals surface area contributed by atoms with Crippen LogP contribution in [0.15, 0.2) is 102 Å². The SMILES string of the molecule is COC(=O)C1=C(C=Cc2ccccc2OC)N(CCc2ccccc2)C(=O)C1=Cc1ccccc1OC. The molecular formula is C31H29NO5. The van der Waals surface area contributed by atoms with Crippen molar-refractivity contribution in [3.63, 3.8) is 0 Å². The van der Waals surface area contributed by atoms with E-state index in [-0.39, 0.29) is 17.1 Å². The van der Waals surface area contributed by atoms with Crippen molar-refractivity contribution in [3.8, 4) is 11.5 Å². The number of carbonyl (C=O) groups excluding carboxylic acids is 2. The van der Waals surface area contributed by atoms with E-state index in [0.717, 1.165) is 11.1 Å². The first-order valence-electron chi connectivity index (χ1n) is 11.9. The van der Waals surface area contributed by atoms with Gasteiger partial charge in [-0.25, -0.2) is 4.79 Å². The predicted molar refractivity (Wildman–Crippen MR) is 144 cm³/mol. The second kappa shape index (κ2) is 11.9. The van der Waals surface area contributed by atoms with Gasteiger partial charge in [-0.15, -0.1) is 0 Å². The largest absolute Gasteiger partial charge is 0.496 e. The first-order chi connectivity index (χ1) is 18.1. The molecule has 1 heterocycles. The first-order valence-corrected chi connectivity index (χ1v) is 11.9. The number of para-hydroxylation sites is 2. The lowest BCUT2D eigenvalue weighted by Gasteiger charge is -2.18. The first kappa shape index (κ1) is 25.5. The second-order valence-electron chi connectivity index (χ2n) is 8.32. The van der Waals surface area contributed by atoms with E-state index in [1.807, 2.05) is 84.9 Å². The standard InChI is InChI=1S/C31H29NO5/c1-35-27-15-9-7-13-23(27)17-18-26-29(31(34)37-3)25(21-24-14-8-10-16-28(24)36-2)30(33)32(26)20-19-22-11-5-4-6-12-22/h4-18,21H,19-20H2,1-3H3. The third kappa shape index (κ3) is 5.64. The van der Waals surface area contributed by atoms with Gasteiger partial charge in [0, 0.05) is 17.7 Å². The summed E-state index contributed by atoms with van der Waals surface area (Å²) < 4.78 is 16.1. The summed E-state index contributed by atoms with van der Waals surface area (Å²) in [4.78, 5) is 28.5. The number of methoxy groups -OCH3 is 3. The van der Waals surface area contributed by atoms with E-state index in [0.29, 0.717) is 35.7 Å². The minimum absolute atomic E-state index is 0.206. The van der Waals surface area contributed by atoms with Crippen LogP contribution in [0.1, 0.15) is 16.7 Å². The minimum Gasteiger partial charge on any atom is -0.496 e. The van der Waals surface area contributed by atoms with Crippen molar-refractivity contribution in [1.29, 1.82) is 0 Å². The van der Waals surface area contributed by atoms with E-state index in [1.165, 1.54) is 7.11 Å². The fourth-order valence-electron chi connectivity index (χ4n) is 4.28. The van der Waals surface area contributed by atoms with Crippen LogP contribution in [0.4, 0.5) is 0 Å². The summed E-state index contributed by atoms with van der Waals surface area (Å²) in [5.41, 5.74) is 3.53. The molecule has 6 heteroatoms. The van der Waals surface area contributed by atoms with Crippen molar-refractivity contribution in [1.82, 2.24) is 4.90 Å². The van der Waals surface area contributed by atoms with Crippen molar-refractivity contribution in [2.75, 3.05) is 27.9 Å². The third-order valence-corrected chi connectivity index (χ3v) is 6.15. The Morgan fingerprint density at radius 2 is 1.38 bits per heavy atom. The highest BCUT2D eigenvalue weighted by molar-refractivity contribution is 6.17. The van der Waals surface area contributed by atoms with Crippen LogP contribution in [-0.4, -0.2) is 44.7 Å². The zero-order chi connectivity index (χ0) is 26.2. The maximum atomic E-state index is 13.8. The molecular weight excluding hydrogens is 466 g/mol. The topological polar surface area (TPSA) is 65.1 Å². The van der Waals surface area contributed by atoms with Gasteiger partial charge in [0.1, 0.15) is 11.5 Å². The molecule has 0 bridgehead atoms. The average molecular weight is 496 g/mol. The molecule has 1 aliphatic heterocycles. The summed E-state index contributed by atoms with van der Waals surface area (Å²) in [6.45, 7) is 0.387. The fraction of sp³-hybridized carbons (Fsp3) is 0.161. The van der Waals surface area contributed by atoms with Crippen molar-refractivity contribution in [2.24, 2.45) is 0 Å². The zero-order valence-electron chi connectivity index (χ0n) is 21.1. The lowest BCUT2D eigenvalue weighted by atomic mass is 10.0. The van der Waals surface area contributed by atoms with Crippen LogP contribution in [0.5, 0.6) is 11.5 Å². The van der Waals surface area contributed by atoms with Crippen LogP contribution < -0.4 is 9.47 Å². The molecule has 6 nitrogen and oxygen atoms in total. The Morgan fingerprint density at radius 1 is 0.784 bits per heavy atom. The molecule has 0 fully saturated rings. The van der Waals surface area contributed by atoms with E-state index in [4.69, 9.17) is 14.2 Å². The van der Waals surface area contributed by atoms with E-state index in [9.17, 15) is 9.59 Å². The molecule has 1 aliphatic rings. The highest BCUT2D eigenvalue weighted by Gasteiger charge is 2.38. The number of hydrogen-bond acceptors (Lipinski definition) is 5. The molecule has 0 N–H and O–H groups in total. The summed E-state index contributed by atoms with van der Waals surface area (Å²) in [5.74, 6) is 0.420. The van der Waals surface area contributed by atoms with Crippen LogP contribution in [0, 0.1) is 0 Å². The van der Waals surface area contributed by atoms with Gasteiger partial charge in [-0.1, -0.05) is 66.7 Å². The van der Waals surface area contributed by atoms with Crippen LogP contribution >= 0.6 is 0 Å². The Hall–Kier alpha value is -4.58. The maximum absolute atomic E-state index is 13.8. The fourth-order valence-corrected chi connectivity index (χ4v) is 4.28. The Kier molecular flexibility index (Phi) is 8.21. The number of benzene rings is 3. The maximum Gasteiger partial charge on any atom is 0.340 e. The van der Waals surface area contributed by atoms with Crippen molar-refractivity contribution >= 4 is 24.0 Å². The Bertz CT molecular complexity index is 1370. The number of nitrogens with zero attached hydrogens (tertiary/aromatic N) is 1. The molecule has 4 rings (SSSR count). The monoisotopic (exact) mass is 495 g/mol. The number of esters is 1. The van der Waals surface area contributed by atoms with Crippen LogP contribution in [0.3, 0.4) is 0 Å². The molecule has 0 atom stereocenters. The lowest BCUT2D eigenvalue weighted by Crippen LogP contribution is -2.27. The van der Waals surface area contributed by atoms with E-state index in [1.54, 1.807) is 31.3 Å². The molecule has 0 radical (unpaired) electrons. The van der Waals surface area contributed by atoms with Crippen molar-refractivity contribution in [3.05, 3.63) is 118 Å². The molecule has 3 aromatic rings. The van der Waals surface area contributed by atoms with Gasteiger partial charge in [-0.05, 0) is 42.3 Å². The van der Waals surface area contributed by atoms with Gasteiger partial charge in [-0.3, -0.25) is 4.79 Å². The number of hydrogen-bond donors (Lipinski definition) is 0. The zero-order valence-corrected chi connectivity index (χ0v) is 21.1.